The molecule has 0 spiro atoms. The second-order valence-corrected chi connectivity index (χ2v) is 10.3. The number of aliphatic hydroxyl groups excluding tert-OH is 3. The smallest absolute Gasteiger partial charge is 0.364 e. The number of aliphatic carboxylic acids is 1. The average Bonchev–Trinajstić information content (AvgIpc) is 2.97. The number of carboxylic acid groups (broad SMARTS) is 1. The third-order valence-electron chi connectivity index (χ3n) is 6.64. The Morgan fingerprint density at radius 2 is 1.79 bits per heavy atom. The number of hydrogen-bond acceptors (Lipinski definition) is 9. The number of carbonyl (C=O) groups excluding carboxylic acids is 2. The summed E-state index contributed by atoms with van der Waals surface area (Å²) in [7, 11) is 0. The average molecular weight is 620 g/mol. The number of hydrogen-bond donors (Lipinski definition) is 7. The van der Waals surface area contributed by atoms with Gasteiger partial charge in [-0.2, -0.15) is 0 Å². The van der Waals surface area contributed by atoms with Gasteiger partial charge in [-0.3, -0.25) is 4.79 Å². The van der Waals surface area contributed by atoms with Crippen LogP contribution in [-0.2, 0) is 32.1 Å². The Bertz CT molecular complexity index is 1290. The van der Waals surface area contributed by atoms with E-state index in [0.29, 0.717) is 34.9 Å². The highest BCUT2D eigenvalue weighted by Crippen LogP contribution is 2.34. The zero-order chi connectivity index (χ0) is 31.6. The van der Waals surface area contributed by atoms with Crippen LogP contribution in [0.5, 0.6) is 5.75 Å². The Labute approximate surface area is 252 Å². The van der Waals surface area contributed by atoms with Crippen molar-refractivity contribution in [1.82, 2.24) is 10.6 Å². The van der Waals surface area contributed by atoms with E-state index in [2.05, 4.69) is 16.6 Å². The van der Waals surface area contributed by atoms with E-state index >= 15 is 0 Å². The molecule has 3 rings (SSSR count). The Hall–Kier alpha value is -3.90. The van der Waals surface area contributed by atoms with Crippen LogP contribution in [0.3, 0.4) is 0 Å². The van der Waals surface area contributed by atoms with Crippen molar-refractivity contribution in [1.29, 1.82) is 0 Å². The van der Waals surface area contributed by atoms with Crippen LogP contribution in [-0.4, -0.2) is 87.7 Å². The van der Waals surface area contributed by atoms with E-state index in [4.69, 9.17) is 38.0 Å². The summed E-state index contributed by atoms with van der Waals surface area (Å²) in [4.78, 5) is 36.4. The molecule has 1 unspecified atom stereocenters. The van der Waals surface area contributed by atoms with Gasteiger partial charge in [0.05, 0.1) is 37.9 Å². The Morgan fingerprint density at radius 3 is 2.40 bits per heavy atom. The molecule has 0 aromatic heterocycles. The number of amides is 3. The molecule has 1 saturated heterocycles. The van der Waals surface area contributed by atoms with Gasteiger partial charge >= 0.3 is 12.0 Å². The van der Waals surface area contributed by atoms with Crippen LogP contribution in [0.25, 0.3) is 0 Å². The number of nitrogens with one attached hydrogen (secondary N) is 2. The zero-order valence-electron chi connectivity index (χ0n) is 23.0. The number of primary amides is 1. The predicted molar refractivity (Wildman–Crippen MR) is 153 cm³/mol. The fraction of sp³-hybridized carbons (Fsp3) is 0.414. The number of nitrogens with two attached hydrogens (primary N) is 1. The lowest BCUT2D eigenvalue weighted by Gasteiger charge is -2.46. The maximum Gasteiger partial charge on any atom is 0.364 e. The minimum absolute atomic E-state index is 0.0432. The lowest BCUT2D eigenvalue weighted by molar-refractivity contribution is -0.313. The van der Waals surface area contributed by atoms with Crippen molar-refractivity contribution in [3.8, 4) is 18.1 Å². The summed E-state index contributed by atoms with van der Waals surface area (Å²) in [5.74, 6) is -1.60. The molecular formula is C29H34ClN3O10. The van der Waals surface area contributed by atoms with Crippen molar-refractivity contribution in [2.45, 2.75) is 62.1 Å². The summed E-state index contributed by atoms with van der Waals surface area (Å²) in [6.07, 6.45) is -2.04. The first-order valence-electron chi connectivity index (χ1n) is 13.3. The van der Waals surface area contributed by atoms with Gasteiger partial charge in [0, 0.05) is 24.4 Å². The highest BCUT2D eigenvalue weighted by Gasteiger charge is 2.55. The van der Waals surface area contributed by atoms with Gasteiger partial charge in [-0.05, 0) is 35.4 Å². The summed E-state index contributed by atoms with van der Waals surface area (Å²) < 4.78 is 16.8. The molecule has 0 saturated carbocycles. The first kappa shape index (κ1) is 33.6. The van der Waals surface area contributed by atoms with Gasteiger partial charge in [-0.25, -0.2) is 9.59 Å². The van der Waals surface area contributed by atoms with Crippen LogP contribution in [0.2, 0.25) is 5.02 Å². The van der Waals surface area contributed by atoms with Crippen LogP contribution in [0.1, 0.15) is 24.0 Å². The first-order valence-corrected chi connectivity index (χ1v) is 13.6. The molecule has 2 aromatic carbocycles. The number of halogens is 1. The first-order chi connectivity index (χ1) is 20.4. The van der Waals surface area contributed by atoms with Gasteiger partial charge in [0.25, 0.3) is 5.79 Å². The van der Waals surface area contributed by atoms with Crippen molar-refractivity contribution in [2.24, 2.45) is 5.73 Å². The number of urea groups is 1. The van der Waals surface area contributed by atoms with Gasteiger partial charge < -0.3 is 51.0 Å². The second kappa shape index (κ2) is 15.5. The molecule has 1 aliphatic heterocycles. The molecule has 8 N–H and O–H groups in total. The molecule has 1 fully saturated rings. The van der Waals surface area contributed by atoms with Crippen LogP contribution in [0.4, 0.5) is 4.79 Å². The minimum atomic E-state index is -2.49. The fourth-order valence-electron chi connectivity index (χ4n) is 4.40. The largest absolute Gasteiger partial charge is 0.493 e. The molecule has 13 nitrogen and oxygen atoms in total. The van der Waals surface area contributed by atoms with Gasteiger partial charge in [0.2, 0.25) is 5.91 Å². The van der Waals surface area contributed by atoms with Crippen molar-refractivity contribution in [3.63, 3.8) is 0 Å². The fourth-order valence-corrected chi connectivity index (χ4v) is 4.52. The number of terminal acetylenes is 1. The van der Waals surface area contributed by atoms with E-state index in [-0.39, 0.29) is 13.0 Å². The number of carbonyl (C=O) groups is 3. The standard InChI is InChI=1S/C29H34ClN3O10/c1-2-3-12-41-20-10-6-18(7-11-20)16-42-29(27(38)39)14-21(34)24(33-28(31)40)26(43-29)25(37)22(35)15-32-23(36)13-17-4-8-19(30)9-5-17/h1,4-11,21-22,24-26,34-35,37H,3,12-16H2,(H,32,36)(H,38,39)(H3,31,33,40)/t21-,22+,24?,25+,26+,29+/m0/s1. The molecule has 2 aromatic rings. The molecule has 14 heteroatoms. The number of ether oxygens (including phenoxy) is 3. The molecule has 1 heterocycles. The quantitative estimate of drug-likeness (QED) is 0.114. The maximum atomic E-state index is 12.4. The van der Waals surface area contributed by atoms with Crippen molar-refractivity contribution in [2.75, 3.05) is 13.2 Å². The van der Waals surface area contributed by atoms with E-state index in [9.17, 15) is 34.8 Å². The number of benzene rings is 2. The highest BCUT2D eigenvalue weighted by molar-refractivity contribution is 6.30. The van der Waals surface area contributed by atoms with E-state index in [0.717, 1.165) is 0 Å². The Balaban J connectivity index is 1.71. The van der Waals surface area contributed by atoms with E-state index in [1.807, 2.05) is 0 Å². The summed E-state index contributed by atoms with van der Waals surface area (Å²) >= 11 is 5.85. The molecule has 6 atom stereocenters. The molecule has 1 aliphatic rings. The maximum absolute atomic E-state index is 12.4. The predicted octanol–water partition coefficient (Wildman–Crippen LogP) is 0.307. The third kappa shape index (κ3) is 9.55. The Kier molecular flexibility index (Phi) is 12.1. The summed E-state index contributed by atoms with van der Waals surface area (Å²) in [6, 6.07) is 10.5. The van der Waals surface area contributed by atoms with Gasteiger partial charge in [-0.1, -0.05) is 35.9 Å². The lowest BCUT2D eigenvalue weighted by Crippen LogP contribution is -2.68. The number of aliphatic hydroxyl groups is 3. The summed E-state index contributed by atoms with van der Waals surface area (Å²) in [5, 5.41) is 47.8. The summed E-state index contributed by atoms with van der Waals surface area (Å²) in [5.41, 5.74) is 6.40. The minimum Gasteiger partial charge on any atom is -0.493 e. The zero-order valence-corrected chi connectivity index (χ0v) is 23.8. The molecule has 0 aliphatic carbocycles. The van der Waals surface area contributed by atoms with E-state index in [1.165, 1.54) is 0 Å². The molecular weight excluding hydrogens is 586 g/mol. The van der Waals surface area contributed by atoms with Gasteiger partial charge in [0.1, 0.15) is 18.0 Å². The van der Waals surface area contributed by atoms with Crippen molar-refractivity contribution in [3.05, 3.63) is 64.7 Å². The monoisotopic (exact) mass is 619 g/mol. The lowest BCUT2D eigenvalue weighted by atomic mass is 9.88. The molecule has 232 valence electrons. The third-order valence-corrected chi connectivity index (χ3v) is 6.89. The molecule has 3 amide bonds. The topological polar surface area (TPSA) is 210 Å². The van der Waals surface area contributed by atoms with Gasteiger partial charge in [0.15, 0.2) is 0 Å². The molecule has 43 heavy (non-hydrogen) atoms. The van der Waals surface area contributed by atoms with Crippen LogP contribution >= 0.6 is 11.6 Å². The SMILES string of the molecule is C#CCCOc1ccc(CO[C@]2(C(=O)O)C[C@H](O)C(NC(N)=O)[C@H]([C@H](O)[C@H](O)CNC(=O)Cc3ccc(Cl)cc3)O2)cc1. The number of rotatable bonds is 14. The van der Waals surface area contributed by atoms with E-state index < -0.39 is 67.1 Å². The second-order valence-electron chi connectivity index (χ2n) is 9.85. The summed E-state index contributed by atoms with van der Waals surface area (Å²) in [6.45, 7) is -0.435. The van der Waals surface area contributed by atoms with Crippen molar-refractivity contribution >= 4 is 29.5 Å². The molecule has 0 bridgehead atoms. The van der Waals surface area contributed by atoms with Crippen LogP contribution in [0.15, 0.2) is 48.5 Å². The van der Waals surface area contributed by atoms with Crippen LogP contribution in [0, 0.1) is 12.3 Å². The normalized spacial score (nSPS) is 22.9. The highest BCUT2D eigenvalue weighted by atomic mass is 35.5. The van der Waals surface area contributed by atoms with Crippen molar-refractivity contribution < 1.29 is 49.0 Å². The van der Waals surface area contributed by atoms with Gasteiger partial charge in [-0.15, -0.1) is 12.3 Å². The molecule has 0 radical (unpaired) electrons. The number of carboxylic acids is 1. The van der Waals surface area contributed by atoms with Crippen LogP contribution < -0.4 is 21.1 Å². The van der Waals surface area contributed by atoms with E-state index in [1.54, 1.807) is 48.5 Å². The Morgan fingerprint density at radius 1 is 1.14 bits per heavy atom.